The van der Waals surface area contributed by atoms with Gasteiger partial charge < -0.3 is 0 Å². The molecule has 0 amide bonds. The van der Waals surface area contributed by atoms with Gasteiger partial charge in [0, 0.05) is 16.0 Å². The number of carbonyl (C=O) groups excluding carboxylic acids is 1. The average Bonchev–Trinajstić information content (AvgIpc) is 2.35. The highest BCUT2D eigenvalue weighted by molar-refractivity contribution is 5.97. The molecule has 82 valence electrons. The Morgan fingerprint density at radius 2 is 2.35 bits per heavy atom. The van der Waals surface area contributed by atoms with E-state index in [1.165, 1.54) is 0 Å². The van der Waals surface area contributed by atoms with E-state index in [9.17, 15) is 4.79 Å². The smallest absolute Gasteiger partial charge is 0.176 e. The molecule has 5 nitrogen and oxygen atoms in total. The molecule has 0 spiro atoms. The largest absolute Gasteiger partial charge is 0.293 e. The topological polar surface area (TPSA) is 89.6 Å². The summed E-state index contributed by atoms with van der Waals surface area (Å²) in [4.78, 5) is 14.0. The van der Waals surface area contributed by atoms with Gasteiger partial charge in [-0.2, -0.15) is 5.26 Å². The molecular formula is C12H8N4O. The molecule has 0 heterocycles. The lowest BCUT2D eigenvalue weighted by atomic mass is 10.1. The molecule has 0 aliphatic rings. The van der Waals surface area contributed by atoms with Gasteiger partial charge in [-0.1, -0.05) is 29.1 Å². The molecule has 0 aromatic heterocycles. The van der Waals surface area contributed by atoms with Crippen molar-refractivity contribution in [1.29, 1.82) is 5.26 Å². The molecule has 0 saturated heterocycles. The summed E-state index contributed by atoms with van der Waals surface area (Å²) in [5.74, 6) is 5.19. The number of hydrogen-bond donors (Lipinski definition) is 0. The molecule has 1 aromatic carbocycles. The van der Waals surface area contributed by atoms with Crippen LogP contribution in [0.25, 0.3) is 10.4 Å². The first kappa shape index (κ1) is 12.3. The van der Waals surface area contributed by atoms with Crippen molar-refractivity contribution in [2.75, 3.05) is 6.54 Å². The third-order valence-electron chi connectivity index (χ3n) is 1.87. The van der Waals surface area contributed by atoms with E-state index in [-0.39, 0.29) is 18.7 Å². The highest BCUT2D eigenvalue weighted by atomic mass is 16.1. The number of ketones is 1. The van der Waals surface area contributed by atoms with E-state index in [1.54, 1.807) is 30.3 Å². The number of Topliss-reactive ketones (excluding diaryl/α,β-unsaturated/α-hetero) is 1. The fraction of sp³-hybridized carbons (Fsp3) is 0.167. The number of carbonyl (C=O) groups is 1. The SMILES string of the molecule is N#CCC(=O)c1cccc(C#CCN=[N+]=[N-])c1. The Morgan fingerprint density at radius 1 is 1.53 bits per heavy atom. The number of nitrogens with zero attached hydrogens (tertiary/aromatic N) is 4. The van der Waals surface area contributed by atoms with Gasteiger partial charge in [-0.15, -0.1) is 0 Å². The first-order valence-corrected chi connectivity index (χ1v) is 4.78. The van der Waals surface area contributed by atoms with Gasteiger partial charge in [0.05, 0.1) is 19.0 Å². The van der Waals surface area contributed by atoms with Crippen LogP contribution in [0.3, 0.4) is 0 Å². The standard InChI is InChI=1S/C12H8N4O/c13-7-6-12(17)11-5-1-3-10(9-11)4-2-8-15-16-14/h1,3,5,9H,6,8H2. The Morgan fingerprint density at radius 3 is 3.06 bits per heavy atom. The van der Waals surface area contributed by atoms with Crippen molar-refractivity contribution in [3.8, 4) is 17.9 Å². The van der Waals surface area contributed by atoms with Gasteiger partial charge in [-0.25, -0.2) is 0 Å². The van der Waals surface area contributed by atoms with E-state index < -0.39 is 0 Å². The zero-order valence-electron chi connectivity index (χ0n) is 8.92. The van der Waals surface area contributed by atoms with Crippen molar-refractivity contribution in [3.05, 3.63) is 45.8 Å². The number of rotatable bonds is 3. The molecule has 1 aromatic rings. The van der Waals surface area contributed by atoms with E-state index >= 15 is 0 Å². The molecule has 0 N–H and O–H groups in total. The summed E-state index contributed by atoms with van der Waals surface area (Å²) in [6.45, 7) is 0.0901. The normalized spacial score (nSPS) is 8.18. The van der Waals surface area contributed by atoms with Gasteiger partial charge in [-0.05, 0) is 17.7 Å². The van der Waals surface area contributed by atoms with Crippen LogP contribution in [-0.4, -0.2) is 12.3 Å². The van der Waals surface area contributed by atoms with Crippen molar-refractivity contribution < 1.29 is 4.79 Å². The lowest BCUT2D eigenvalue weighted by Gasteiger charge is -1.96. The minimum atomic E-state index is -0.230. The number of benzene rings is 1. The van der Waals surface area contributed by atoms with E-state index in [2.05, 4.69) is 21.9 Å². The quantitative estimate of drug-likeness (QED) is 0.259. The third kappa shape index (κ3) is 4.09. The van der Waals surface area contributed by atoms with Crippen LogP contribution in [0, 0.1) is 23.2 Å². The molecule has 1 rings (SSSR count). The second-order valence-corrected chi connectivity index (χ2v) is 3.03. The number of hydrogen-bond acceptors (Lipinski definition) is 3. The fourth-order valence-electron chi connectivity index (χ4n) is 1.15. The average molecular weight is 224 g/mol. The van der Waals surface area contributed by atoms with E-state index in [0.717, 1.165) is 0 Å². The van der Waals surface area contributed by atoms with Crippen molar-refractivity contribution >= 4 is 5.78 Å². The van der Waals surface area contributed by atoms with Crippen LogP contribution < -0.4 is 0 Å². The highest BCUT2D eigenvalue weighted by Gasteiger charge is 2.04. The number of azide groups is 1. The van der Waals surface area contributed by atoms with Gasteiger partial charge in [-0.3, -0.25) is 4.79 Å². The predicted octanol–water partition coefficient (Wildman–Crippen LogP) is 2.44. The van der Waals surface area contributed by atoms with Crippen molar-refractivity contribution in [2.45, 2.75) is 6.42 Å². The van der Waals surface area contributed by atoms with E-state index in [0.29, 0.717) is 11.1 Å². The summed E-state index contributed by atoms with van der Waals surface area (Å²) in [6, 6.07) is 8.49. The zero-order valence-corrected chi connectivity index (χ0v) is 8.92. The summed E-state index contributed by atoms with van der Waals surface area (Å²) in [5, 5.41) is 11.7. The van der Waals surface area contributed by atoms with Crippen molar-refractivity contribution in [1.82, 2.24) is 0 Å². The van der Waals surface area contributed by atoms with Crippen molar-refractivity contribution in [3.63, 3.8) is 0 Å². The molecule has 0 unspecified atom stereocenters. The minimum absolute atomic E-state index is 0.0901. The van der Waals surface area contributed by atoms with Crippen LogP contribution in [-0.2, 0) is 0 Å². The Balaban J connectivity index is 2.85. The molecule has 0 saturated carbocycles. The molecular weight excluding hydrogens is 216 g/mol. The first-order valence-electron chi connectivity index (χ1n) is 4.78. The van der Waals surface area contributed by atoms with Gasteiger partial charge in [0.2, 0.25) is 0 Å². The van der Waals surface area contributed by atoms with Crippen molar-refractivity contribution in [2.24, 2.45) is 5.11 Å². The molecule has 5 heteroatoms. The fourth-order valence-corrected chi connectivity index (χ4v) is 1.15. The van der Waals surface area contributed by atoms with Crippen LogP contribution in [0.1, 0.15) is 22.3 Å². The summed E-state index contributed by atoms with van der Waals surface area (Å²) in [7, 11) is 0. The summed E-state index contributed by atoms with van der Waals surface area (Å²) in [6.07, 6.45) is -0.143. The maximum absolute atomic E-state index is 11.4. The maximum Gasteiger partial charge on any atom is 0.176 e. The molecule has 0 aliphatic carbocycles. The van der Waals surface area contributed by atoms with Gasteiger partial charge >= 0.3 is 0 Å². The van der Waals surface area contributed by atoms with Gasteiger partial charge in [0.25, 0.3) is 0 Å². The predicted molar refractivity (Wildman–Crippen MR) is 61.9 cm³/mol. The molecule has 0 bridgehead atoms. The van der Waals surface area contributed by atoms with Crippen LogP contribution >= 0.6 is 0 Å². The maximum atomic E-state index is 11.4. The molecule has 17 heavy (non-hydrogen) atoms. The Labute approximate surface area is 98.3 Å². The second kappa shape index (κ2) is 6.68. The van der Waals surface area contributed by atoms with Crippen LogP contribution in [0.4, 0.5) is 0 Å². The third-order valence-corrected chi connectivity index (χ3v) is 1.87. The Hall–Kier alpha value is -2.75. The Bertz CT molecular complexity index is 568. The lowest BCUT2D eigenvalue weighted by molar-refractivity contribution is 0.0997. The first-order chi connectivity index (χ1) is 8.27. The number of nitriles is 1. The van der Waals surface area contributed by atoms with E-state index in [4.69, 9.17) is 10.8 Å². The van der Waals surface area contributed by atoms with Gasteiger partial charge in [0.15, 0.2) is 5.78 Å². The lowest BCUT2D eigenvalue weighted by Crippen LogP contribution is -1.97. The second-order valence-electron chi connectivity index (χ2n) is 3.03. The molecule has 0 aliphatic heterocycles. The minimum Gasteiger partial charge on any atom is -0.293 e. The van der Waals surface area contributed by atoms with E-state index in [1.807, 2.05) is 0 Å². The molecule has 0 fully saturated rings. The van der Waals surface area contributed by atoms with Gasteiger partial charge in [0.1, 0.15) is 0 Å². The summed E-state index contributed by atoms with van der Waals surface area (Å²) < 4.78 is 0. The molecule has 0 radical (unpaired) electrons. The van der Waals surface area contributed by atoms with Crippen LogP contribution in [0.5, 0.6) is 0 Å². The summed E-state index contributed by atoms with van der Waals surface area (Å²) >= 11 is 0. The highest BCUT2D eigenvalue weighted by Crippen LogP contribution is 2.06. The monoisotopic (exact) mass is 224 g/mol. The molecule has 0 atom stereocenters. The summed E-state index contributed by atoms with van der Waals surface area (Å²) in [5.41, 5.74) is 9.17. The zero-order chi connectivity index (χ0) is 12.5. The van der Waals surface area contributed by atoms with Crippen LogP contribution in [0.15, 0.2) is 29.4 Å². The van der Waals surface area contributed by atoms with Crippen LogP contribution in [0.2, 0.25) is 0 Å². The Kier molecular flexibility index (Phi) is 4.84.